The lowest BCUT2D eigenvalue weighted by Crippen LogP contribution is -2.28. The average molecular weight is 160 g/mol. The highest BCUT2D eigenvalue weighted by molar-refractivity contribution is 5.67. The molecule has 0 aliphatic rings. The maximum Gasteiger partial charge on any atom is 0.304 e. The number of nitrogens with two attached hydrogens (primary N) is 1. The van der Waals surface area contributed by atoms with E-state index in [1.807, 2.05) is 19.0 Å². The molecule has 0 saturated carbocycles. The van der Waals surface area contributed by atoms with Gasteiger partial charge in [-0.25, -0.2) is 0 Å². The summed E-state index contributed by atoms with van der Waals surface area (Å²) >= 11 is 0. The van der Waals surface area contributed by atoms with Gasteiger partial charge in [-0.2, -0.15) is 0 Å². The van der Waals surface area contributed by atoms with E-state index in [9.17, 15) is 4.79 Å². The second-order valence-corrected chi connectivity index (χ2v) is 2.95. The van der Waals surface area contributed by atoms with E-state index in [1.165, 1.54) is 0 Å². The third kappa shape index (κ3) is 7.29. The van der Waals surface area contributed by atoms with E-state index in [0.717, 1.165) is 13.0 Å². The SMILES string of the molecule is CN(C)CCC(N)CC(=O)O. The Balaban J connectivity index is 3.37. The van der Waals surface area contributed by atoms with Gasteiger partial charge in [0.25, 0.3) is 0 Å². The number of carboxylic acids is 1. The lowest BCUT2D eigenvalue weighted by Gasteiger charge is -2.12. The molecule has 1 atom stereocenters. The molecule has 0 spiro atoms. The zero-order chi connectivity index (χ0) is 8.85. The van der Waals surface area contributed by atoms with Gasteiger partial charge >= 0.3 is 5.97 Å². The van der Waals surface area contributed by atoms with Crippen LogP contribution in [-0.4, -0.2) is 42.7 Å². The fourth-order valence-electron chi connectivity index (χ4n) is 0.750. The quantitative estimate of drug-likeness (QED) is 0.581. The second kappa shape index (κ2) is 5.09. The summed E-state index contributed by atoms with van der Waals surface area (Å²) in [7, 11) is 3.88. The minimum atomic E-state index is -0.823. The van der Waals surface area contributed by atoms with Crippen LogP contribution in [-0.2, 0) is 4.79 Å². The topological polar surface area (TPSA) is 66.6 Å². The Morgan fingerprint density at radius 1 is 1.64 bits per heavy atom. The molecule has 11 heavy (non-hydrogen) atoms. The van der Waals surface area contributed by atoms with Crippen molar-refractivity contribution in [1.29, 1.82) is 0 Å². The molecule has 0 saturated heterocycles. The van der Waals surface area contributed by atoms with Crippen LogP contribution in [0.2, 0.25) is 0 Å². The fourth-order valence-corrected chi connectivity index (χ4v) is 0.750. The van der Waals surface area contributed by atoms with E-state index >= 15 is 0 Å². The molecule has 3 N–H and O–H groups in total. The highest BCUT2D eigenvalue weighted by atomic mass is 16.4. The first-order chi connectivity index (χ1) is 5.02. The summed E-state index contributed by atoms with van der Waals surface area (Å²) in [5.41, 5.74) is 5.52. The first-order valence-electron chi connectivity index (χ1n) is 3.64. The van der Waals surface area contributed by atoms with E-state index in [-0.39, 0.29) is 12.5 Å². The second-order valence-electron chi connectivity index (χ2n) is 2.95. The highest BCUT2D eigenvalue weighted by Gasteiger charge is 2.07. The number of carboxylic acid groups (broad SMARTS) is 1. The Bertz CT molecular complexity index is 126. The summed E-state index contributed by atoms with van der Waals surface area (Å²) < 4.78 is 0. The summed E-state index contributed by atoms with van der Waals surface area (Å²) in [4.78, 5) is 12.1. The van der Waals surface area contributed by atoms with Crippen molar-refractivity contribution >= 4 is 5.97 Å². The van der Waals surface area contributed by atoms with Crippen LogP contribution in [0.25, 0.3) is 0 Å². The molecule has 0 aromatic heterocycles. The van der Waals surface area contributed by atoms with Gasteiger partial charge in [-0.3, -0.25) is 4.79 Å². The minimum Gasteiger partial charge on any atom is -0.481 e. The standard InChI is InChI=1S/C7H16N2O2/c1-9(2)4-3-6(8)5-7(10)11/h6H,3-5,8H2,1-2H3,(H,10,11). The lowest BCUT2D eigenvalue weighted by molar-refractivity contribution is -0.137. The fraction of sp³-hybridized carbons (Fsp3) is 0.857. The van der Waals surface area contributed by atoms with Crippen molar-refractivity contribution in [2.24, 2.45) is 5.73 Å². The first-order valence-corrected chi connectivity index (χ1v) is 3.64. The van der Waals surface area contributed by atoms with Crippen molar-refractivity contribution in [3.8, 4) is 0 Å². The molecule has 0 bridgehead atoms. The van der Waals surface area contributed by atoms with Gasteiger partial charge in [0.1, 0.15) is 0 Å². The van der Waals surface area contributed by atoms with Crippen molar-refractivity contribution in [3.63, 3.8) is 0 Å². The molecular weight excluding hydrogens is 144 g/mol. The smallest absolute Gasteiger partial charge is 0.304 e. The van der Waals surface area contributed by atoms with Crippen LogP contribution >= 0.6 is 0 Å². The van der Waals surface area contributed by atoms with Crippen LogP contribution in [0, 0.1) is 0 Å². The average Bonchev–Trinajstić information content (AvgIpc) is 1.82. The molecule has 66 valence electrons. The maximum atomic E-state index is 10.2. The number of hydrogen-bond donors (Lipinski definition) is 2. The van der Waals surface area contributed by atoms with Crippen molar-refractivity contribution in [2.75, 3.05) is 20.6 Å². The molecule has 4 nitrogen and oxygen atoms in total. The molecule has 0 aromatic rings. The highest BCUT2D eigenvalue weighted by Crippen LogP contribution is 1.94. The molecule has 0 fully saturated rings. The summed E-state index contributed by atoms with van der Waals surface area (Å²) in [6.45, 7) is 0.842. The largest absolute Gasteiger partial charge is 0.481 e. The zero-order valence-corrected chi connectivity index (χ0v) is 7.08. The first kappa shape index (κ1) is 10.4. The number of carbonyl (C=O) groups is 1. The van der Waals surface area contributed by atoms with Crippen LogP contribution in [0.5, 0.6) is 0 Å². The van der Waals surface area contributed by atoms with E-state index in [1.54, 1.807) is 0 Å². The molecule has 0 rings (SSSR count). The molecule has 4 heteroatoms. The van der Waals surface area contributed by atoms with Crippen LogP contribution in [0.3, 0.4) is 0 Å². The number of hydrogen-bond acceptors (Lipinski definition) is 3. The van der Waals surface area contributed by atoms with Crippen LogP contribution in [0.4, 0.5) is 0 Å². The number of rotatable bonds is 5. The molecule has 0 radical (unpaired) electrons. The molecule has 0 heterocycles. The molecule has 0 aliphatic heterocycles. The normalized spacial score (nSPS) is 13.5. The Labute approximate surface area is 67.0 Å². The molecule has 0 aromatic carbocycles. The van der Waals surface area contributed by atoms with E-state index in [4.69, 9.17) is 10.8 Å². The van der Waals surface area contributed by atoms with Crippen molar-refractivity contribution in [3.05, 3.63) is 0 Å². The monoisotopic (exact) mass is 160 g/mol. The zero-order valence-electron chi connectivity index (χ0n) is 7.08. The van der Waals surface area contributed by atoms with Gasteiger partial charge in [-0.15, -0.1) is 0 Å². The minimum absolute atomic E-state index is 0.0633. The number of aliphatic carboxylic acids is 1. The Kier molecular flexibility index (Phi) is 4.81. The maximum absolute atomic E-state index is 10.2. The number of nitrogens with zero attached hydrogens (tertiary/aromatic N) is 1. The van der Waals surface area contributed by atoms with Gasteiger partial charge < -0.3 is 15.7 Å². The van der Waals surface area contributed by atoms with Gasteiger partial charge in [0.15, 0.2) is 0 Å². The van der Waals surface area contributed by atoms with Gasteiger partial charge in [-0.1, -0.05) is 0 Å². The van der Waals surface area contributed by atoms with Crippen molar-refractivity contribution in [1.82, 2.24) is 4.90 Å². The van der Waals surface area contributed by atoms with Crippen molar-refractivity contribution < 1.29 is 9.90 Å². The van der Waals surface area contributed by atoms with E-state index in [2.05, 4.69) is 0 Å². The molecule has 1 unspecified atom stereocenters. The Hall–Kier alpha value is -0.610. The summed E-state index contributed by atoms with van der Waals surface area (Å²) in [5.74, 6) is -0.823. The van der Waals surface area contributed by atoms with Gasteiger partial charge in [0.05, 0.1) is 6.42 Å². The lowest BCUT2D eigenvalue weighted by atomic mass is 10.1. The summed E-state index contributed by atoms with van der Waals surface area (Å²) in [6.07, 6.45) is 0.799. The van der Waals surface area contributed by atoms with Gasteiger partial charge in [0, 0.05) is 6.04 Å². The molecule has 0 amide bonds. The third-order valence-electron chi connectivity index (χ3n) is 1.38. The van der Waals surface area contributed by atoms with E-state index < -0.39 is 5.97 Å². The van der Waals surface area contributed by atoms with Gasteiger partial charge in [-0.05, 0) is 27.1 Å². The summed E-state index contributed by atoms with van der Waals surface area (Å²) in [5, 5.41) is 8.36. The van der Waals surface area contributed by atoms with Crippen LogP contribution in [0.15, 0.2) is 0 Å². The van der Waals surface area contributed by atoms with Crippen LogP contribution in [0.1, 0.15) is 12.8 Å². The Morgan fingerprint density at radius 2 is 2.18 bits per heavy atom. The Morgan fingerprint density at radius 3 is 2.55 bits per heavy atom. The van der Waals surface area contributed by atoms with Gasteiger partial charge in [0.2, 0.25) is 0 Å². The predicted octanol–water partition coefficient (Wildman–Crippen LogP) is -0.260. The molecular formula is C7H16N2O2. The van der Waals surface area contributed by atoms with Crippen LogP contribution < -0.4 is 5.73 Å². The van der Waals surface area contributed by atoms with E-state index in [0.29, 0.717) is 0 Å². The molecule has 0 aliphatic carbocycles. The predicted molar refractivity (Wildman–Crippen MR) is 43.4 cm³/mol. The summed E-state index contributed by atoms with van der Waals surface area (Å²) in [6, 6.07) is -0.213. The third-order valence-corrected chi connectivity index (χ3v) is 1.38. The van der Waals surface area contributed by atoms with Crippen molar-refractivity contribution in [2.45, 2.75) is 18.9 Å².